The van der Waals surface area contributed by atoms with Gasteiger partial charge in [0.2, 0.25) is 0 Å². The second-order valence-corrected chi connectivity index (χ2v) is 4.10. The molecule has 2 aromatic rings. The summed E-state index contributed by atoms with van der Waals surface area (Å²) >= 11 is 0. The predicted octanol–water partition coefficient (Wildman–Crippen LogP) is 2.92. The van der Waals surface area contributed by atoms with Crippen LogP contribution in [0.1, 0.15) is 28.4 Å². The summed E-state index contributed by atoms with van der Waals surface area (Å²) in [6.45, 7) is 1.64. The van der Waals surface area contributed by atoms with Crippen molar-refractivity contribution in [2.75, 3.05) is 0 Å². The highest BCUT2D eigenvalue weighted by Gasteiger charge is 2.25. The normalized spacial score (nSPS) is 10.3. The second kappa shape index (κ2) is 5.56. The van der Waals surface area contributed by atoms with Crippen molar-refractivity contribution in [3.8, 4) is 0 Å². The summed E-state index contributed by atoms with van der Waals surface area (Å²) in [7, 11) is 0. The highest BCUT2D eigenvalue weighted by Crippen LogP contribution is 2.27. The van der Waals surface area contributed by atoms with E-state index in [9.17, 15) is 19.3 Å². The maximum atomic E-state index is 14.0. The average molecular weight is 274 g/mol. The lowest BCUT2D eigenvalue weighted by atomic mass is 9.96. The smallest absolute Gasteiger partial charge is 0.273 e. The minimum absolute atomic E-state index is 0.101. The van der Waals surface area contributed by atoms with E-state index < -0.39 is 16.5 Å². The molecular weight excluding hydrogens is 263 g/mol. The van der Waals surface area contributed by atoms with Crippen LogP contribution in [-0.2, 0) is 6.42 Å². The fourth-order valence-electron chi connectivity index (χ4n) is 2.02. The Kier molecular flexibility index (Phi) is 3.84. The Hall–Kier alpha value is -2.63. The first kappa shape index (κ1) is 13.8. The summed E-state index contributed by atoms with van der Waals surface area (Å²) in [5.41, 5.74) is -0.207. The summed E-state index contributed by atoms with van der Waals surface area (Å²) in [5.74, 6) is -1.36. The van der Waals surface area contributed by atoms with Gasteiger partial charge in [-0.1, -0.05) is 6.92 Å². The van der Waals surface area contributed by atoms with Crippen LogP contribution < -0.4 is 0 Å². The topological polar surface area (TPSA) is 73.1 Å². The van der Waals surface area contributed by atoms with Crippen LogP contribution in [0, 0.1) is 15.9 Å². The molecule has 0 amide bonds. The van der Waals surface area contributed by atoms with E-state index in [0.717, 1.165) is 12.1 Å². The number of nitro groups is 1. The molecule has 1 aromatic carbocycles. The van der Waals surface area contributed by atoms with Gasteiger partial charge >= 0.3 is 0 Å². The third-order valence-corrected chi connectivity index (χ3v) is 2.94. The molecule has 1 heterocycles. The molecule has 0 aliphatic heterocycles. The minimum Gasteiger partial charge on any atom is -0.288 e. The number of carbonyl (C=O) groups is 1. The molecule has 0 spiro atoms. The molecule has 0 atom stereocenters. The average Bonchev–Trinajstić information content (AvgIpc) is 2.46. The Morgan fingerprint density at radius 3 is 2.70 bits per heavy atom. The van der Waals surface area contributed by atoms with Crippen LogP contribution in [-0.4, -0.2) is 15.7 Å². The van der Waals surface area contributed by atoms with Gasteiger partial charge in [-0.25, -0.2) is 4.39 Å². The summed E-state index contributed by atoms with van der Waals surface area (Å²) in [4.78, 5) is 26.5. The van der Waals surface area contributed by atoms with Gasteiger partial charge in [-0.15, -0.1) is 0 Å². The van der Waals surface area contributed by atoms with Crippen molar-refractivity contribution in [3.63, 3.8) is 0 Å². The molecule has 0 radical (unpaired) electrons. The van der Waals surface area contributed by atoms with Gasteiger partial charge in [0, 0.05) is 29.6 Å². The van der Waals surface area contributed by atoms with Crippen molar-refractivity contribution < 1.29 is 14.1 Å². The lowest BCUT2D eigenvalue weighted by molar-refractivity contribution is -0.385. The number of ketones is 1. The predicted molar refractivity (Wildman–Crippen MR) is 70.1 cm³/mol. The van der Waals surface area contributed by atoms with Gasteiger partial charge in [-0.05, 0) is 24.6 Å². The lowest BCUT2D eigenvalue weighted by Crippen LogP contribution is -2.10. The first-order valence-electron chi connectivity index (χ1n) is 5.96. The Morgan fingerprint density at radius 1 is 1.40 bits per heavy atom. The zero-order chi connectivity index (χ0) is 14.7. The molecule has 6 heteroatoms. The van der Waals surface area contributed by atoms with E-state index in [4.69, 9.17) is 0 Å². The zero-order valence-electron chi connectivity index (χ0n) is 10.7. The van der Waals surface area contributed by atoms with Gasteiger partial charge in [0.05, 0.1) is 10.5 Å². The number of hydrogen-bond donors (Lipinski definition) is 0. The Labute approximate surface area is 114 Å². The Balaban J connectivity index is 2.64. The number of halogens is 1. The maximum Gasteiger partial charge on any atom is 0.273 e. The van der Waals surface area contributed by atoms with Crippen molar-refractivity contribution >= 4 is 11.5 Å². The van der Waals surface area contributed by atoms with Crippen LogP contribution in [0.4, 0.5) is 10.1 Å². The largest absolute Gasteiger partial charge is 0.288 e. The van der Waals surface area contributed by atoms with Crippen molar-refractivity contribution in [2.24, 2.45) is 0 Å². The zero-order valence-corrected chi connectivity index (χ0v) is 10.7. The number of nitro benzene ring substituents is 1. The summed E-state index contributed by atoms with van der Waals surface area (Å²) in [6, 6.07) is 5.07. The van der Waals surface area contributed by atoms with E-state index in [1.807, 2.05) is 0 Å². The number of carbonyl (C=O) groups excluding carboxylic acids is 1. The molecule has 0 saturated carbocycles. The first-order valence-corrected chi connectivity index (χ1v) is 5.96. The van der Waals surface area contributed by atoms with Gasteiger partial charge in [-0.2, -0.15) is 0 Å². The van der Waals surface area contributed by atoms with Gasteiger partial charge in [-0.3, -0.25) is 19.9 Å². The lowest BCUT2D eigenvalue weighted by Gasteiger charge is -2.08. The molecular formula is C14H11FN2O3. The van der Waals surface area contributed by atoms with Crippen LogP contribution in [0.2, 0.25) is 0 Å². The molecule has 0 N–H and O–H groups in total. The molecule has 1 aromatic heterocycles. The number of aromatic nitrogens is 1. The van der Waals surface area contributed by atoms with Crippen LogP contribution in [0.25, 0.3) is 0 Å². The van der Waals surface area contributed by atoms with E-state index >= 15 is 0 Å². The second-order valence-electron chi connectivity index (χ2n) is 4.10. The van der Waals surface area contributed by atoms with Crippen molar-refractivity contribution in [2.45, 2.75) is 13.3 Å². The van der Waals surface area contributed by atoms with E-state index in [-0.39, 0.29) is 28.8 Å². The Bertz CT molecular complexity index is 672. The molecule has 0 aliphatic carbocycles. The first-order chi connectivity index (χ1) is 9.56. The third kappa shape index (κ3) is 2.40. The third-order valence-electron chi connectivity index (χ3n) is 2.94. The van der Waals surface area contributed by atoms with Crippen LogP contribution in [0.3, 0.4) is 0 Å². The molecule has 0 unspecified atom stereocenters. The number of hydrogen-bond acceptors (Lipinski definition) is 4. The SMILES string of the molecule is CCc1c([N+](=O)[O-])ccc(F)c1C(=O)c1cccnc1. The molecule has 0 bridgehead atoms. The molecule has 2 rings (SSSR count). The number of pyridine rings is 1. The van der Waals surface area contributed by atoms with Crippen molar-refractivity contribution in [3.05, 3.63) is 69.3 Å². The van der Waals surface area contributed by atoms with Gasteiger partial charge in [0.25, 0.3) is 5.69 Å². The highest BCUT2D eigenvalue weighted by molar-refractivity contribution is 6.10. The van der Waals surface area contributed by atoms with Crippen LogP contribution in [0.15, 0.2) is 36.7 Å². The fraction of sp³-hybridized carbons (Fsp3) is 0.143. The number of benzene rings is 1. The number of nitrogens with zero attached hydrogens (tertiary/aromatic N) is 2. The number of rotatable bonds is 4. The van der Waals surface area contributed by atoms with Crippen molar-refractivity contribution in [1.29, 1.82) is 0 Å². The van der Waals surface area contributed by atoms with E-state index in [1.165, 1.54) is 18.5 Å². The van der Waals surface area contributed by atoms with Gasteiger partial charge in [0.15, 0.2) is 5.78 Å². The monoisotopic (exact) mass is 274 g/mol. The molecule has 0 saturated heterocycles. The minimum atomic E-state index is -0.763. The molecule has 0 fully saturated rings. The van der Waals surface area contributed by atoms with Gasteiger partial charge in [0.1, 0.15) is 5.82 Å². The van der Waals surface area contributed by atoms with Crippen LogP contribution in [0.5, 0.6) is 0 Å². The summed E-state index contributed by atoms with van der Waals surface area (Å²) < 4.78 is 14.0. The summed E-state index contributed by atoms with van der Waals surface area (Å²) in [6.07, 6.45) is 2.98. The molecule has 102 valence electrons. The summed E-state index contributed by atoms with van der Waals surface area (Å²) in [5, 5.41) is 11.0. The standard InChI is InChI=1S/C14H11FN2O3/c1-2-10-12(17(19)20)6-5-11(15)13(10)14(18)9-4-3-7-16-8-9/h3-8H,2H2,1H3. The maximum absolute atomic E-state index is 14.0. The van der Waals surface area contributed by atoms with Crippen molar-refractivity contribution in [1.82, 2.24) is 4.98 Å². The highest BCUT2D eigenvalue weighted by atomic mass is 19.1. The van der Waals surface area contributed by atoms with E-state index in [1.54, 1.807) is 13.0 Å². The van der Waals surface area contributed by atoms with E-state index in [0.29, 0.717) is 0 Å². The molecule has 20 heavy (non-hydrogen) atoms. The van der Waals surface area contributed by atoms with Gasteiger partial charge < -0.3 is 0 Å². The quantitative estimate of drug-likeness (QED) is 0.488. The molecule has 0 aliphatic rings. The van der Waals surface area contributed by atoms with Crippen LogP contribution >= 0.6 is 0 Å². The molecule has 5 nitrogen and oxygen atoms in total. The fourth-order valence-corrected chi connectivity index (χ4v) is 2.02. The van der Waals surface area contributed by atoms with E-state index in [2.05, 4.69) is 4.98 Å². The Morgan fingerprint density at radius 2 is 2.15 bits per heavy atom.